The number of benzene rings is 3. The molecule has 2 N–H and O–H groups in total. The number of fused-ring (bicyclic) bond motifs is 1. The molecule has 0 atom stereocenters. The van der Waals surface area contributed by atoms with E-state index in [-0.39, 0.29) is 11.9 Å². The lowest BCUT2D eigenvalue weighted by atomic mass is 10.1. The highest BCUT2D eigenvalue weighted by molar-refractivity contribution is 6.07. The summed E-state index contributed by atoms with van der Waals surface area (Å²) in [5.41, 5.74) is 3.02. The van der Waals surface area contributed by atoms with Crippen LogP contribution in [0.4, 0.5) is 21.9 Å². The molecule has 6 heteroatoms. The predicted molar refractivity (Wildman–Crippen MR) is 130 cm³/mol. The summed E-state index contributed by atoms with van der Waals surface area (Å²) in [5.74, 6) is 0.0579. The smallest absolute Gasteiger partial charge is 0.323 e. The van der Waals surface area contributed by atoms with Gasteiger partial charge in [-0.1, -0.05) is 36.4 Å². The Bertz CT molecular complexity index is 1140. The van der Waals surface area contributed by atoms with Crippen LogP contribution < -0.4 is 15.5 Å². The molecule has 0 aliphatic carbocycles. The van der Waals surface area contributed by atoms with Gasteiger partial charge in [-0.25, -0.2) is 4.79 Å². The van der Waals surface area contributed by atoms with Crippen LogP contribution in [0.1, 0.15) is 36.0 Å². The number of rotatable bonds is 4. The molecule has 2 heterocycles. The minimum Gasteiger partial charge on any atom is -0.371 e. The van der Waals surface area contributed by atoms with E-state index in [9.17, 15) is 9.59 Å². The molecule has 2 fully saturated rings. The van der Waals surface area contributed by atoms with Crippen LogP contribution in [0.15, 0.2) is 60.7 Å². The van der Waals surface area contributed by atoms with Gasteiger partial charge >= 0.3 is 6.03 Å². The van der Waals surface area contributed by atoms with Crippen molar-refractivity contribution in [3.63, 3.8) is 0 Å². The van der Waals surface area contributed by atoms with Crippen molar-refractivity contribution >= 4 is 39.8 Å². The number of anilines is 3. The summed E-state index contributed by atoms with van der Waals surface area (Å²) in [6.45, 7) is 3.54. The molecule has 0 radical (unpaired) electrons. The van der Waals surface area contributed by atoms with Crippen LogP contribution in [-0.4, -0.2) is 43.0 Å². The first-order chi connectivity index (χ1) is 15.7. The quantitative estimate of drug-likeness (QED) is 0.591. The zero-order valence-corrected chi connectivity index (χ0v) is 18.1. The van der Waals surface area contributed by atoms with Gasteiger partial charge in [-0.3, -0.25) is 4.79 Å². The topological polar surface area (TPSA) is 64.7 Å². The largest absolute Gasteiger partial charge is 0.371 e. The number of nitrogens with one attached hydrogen (secondary N) is 2. The van der Waals surface area contributed by atoms with E-state index in [0.717, 1.165) is 74.0 Å². The molecule has 5 rings (SSSR count). The summed E-state index contributed by atoms with van der Waals surface area (Å²) in [4.78, 5) is 30.3. The maximum Gasteiger partial charge on any atom is 0.323 e. The van der Waals surface area contributed by atoms with Gasteiger partial charge < -0.3 is 20.4 Å². The summed E-state index contributed by atoms with van der Waals surface area (Å²) >= 11 is 0. The van der Waals surface area contributed by atoms with E-state index >= 15 is 0 Å². The molecular formula is C26H28N4O2. The lowest BCUT2D eigenvalue weighted by Crippen LogP contribution is -2.30. The van der Waals surface area contributed by atoms with Crippen molar-refractivity contribution in [2.24, 2.45) is 0 Å². The highest BCUT2D eigenvalue weighted by Gasteiger charge is 2.25. The molecule has 2 saturated heterocycles. The number of carbonyl (C=O) groups excluding carboxylic acids is 2. The summed E-state index contributed by atoms with van der Waals surface area (Å²) in [6, 6.07) is 19.1. The predicted octanol–water partition coefficient (Wildman–Crippen LogP) is 5.32. The molecular weight excluding hydrogens is 400 g/mol. The number of amides is 3. The number of nitrogens with zero attached hydrogens (tertiary/aromatic N) is 2. The van der Waals surface area contributed by atoms with E-state index in [0.29, 0.717) is 11.3 Å². The fourth-order valence-corrected chi connectivity index (χ4v) is 4.73. The second-order valence-electron chi connectivity index (χ2n) is 8.53. The Hall–Kier alpha value is -3.54. The van der Waals surface area contributed by atoms with E-state index < -0.39 is 0 Å². The lowest BCUT2D eigenvalue weighted by Gasteiger charge is -2.24. The SMILES string of the molecule is O=C(Nc1ccc(N2CCCC2)c(C(=O)N2CCCC2)c1)Nc1cccc2ccccc12. The van der Waals surface area contributed by atoms with E-state index in [1.54, 1.807) is 0 Å². The second kappa shape index (κ2) is 8.91. The third-order valence-corrected chi connectivity index (χ3v) is 6.36. The van der Waals surface area contributed by atoms with E-state index in [4.69, 9.17) is 0 Å². The molecule has 6 nitrogen and oxygen atoms in total. The van der Waals surface area contributed by atoms with Gasteiger partial charge in [0.25, 0.3) is 5.91 Å². The summed E-state index contributed by atoms with van der Waals surface area (Å²) in [5, 5.41) is 7.92. The number of likely N-dealkylation sites (tertiary alicyclic amines) is 1. The standard InChI is InChI=1S/C26H28N4O2/c31-25(30-16-5-6-17-30)22-18-20(12-13-24(22)29-14-3-4-15-29)27-26(32)28-23-11-7-9-19-8-1-2-10-21(19)23/h1-2,7-13,18H,3-6,14-17H2,(H2,27,28,32). The minimum absolute atomic E-state index is 0.0579. The molecule has 3 amide bonds. The van der Waals surface area contributed by atoms with Gasteiger partial charge in [0.15, 0.2) is 0 Å². The first-order valence-electron chi connectivity index (χ1n) is 11.4. The molecule has 2 aliphatic heterocycles. The monoisotopic (exact) mass is 428 g/mol. The Labute approximate surface area is 188 Å². The van der Waals surface area contributed by atoms with Crippen molar-refractivity contribution in [1.29, 1.82) is 0 Å². The lowest BCUT2D eigenvalue weighted by molar-refractivity contribution is 0.0793. The maximum absolute atomic E-state index is 13.3. The van der Waals surface area contributed by atoms with Crippen molar-refractivity contribution < 1.29 is 9.59 Å². The van der Waals surface area contributed by atoms with Crippen molar-refractivity contribution in [1.82, 2.24) is 4.90 Å². The van der Waals surface area contributed by atoms with Crippen LogP contribution in [0, 0.1) is 0 Å². The highest BCUT2D eigenvalue weighted by atomic mass is 16.2. The van der Waals surface area contributed by atoms with Crippen molar-refractivity contribution in [2.45, 2.75) is 25.7 Å². The third-order valence-electron chi connectivity index (χ3n) is 6.36. The summed E-state index contributed by atoms with van der Waals surface area (Å²) < 4.78 is 0. The number of urea groups is 1. The van der Waals surface area contributed by atoms with Gasteiger partial charge in [-0.15, -0.1) is 0 Å². The number of hydrogen-bond donors (Lipinski definition) is 2. The number of carbonyl (C=O) groups is 2. The first kappa shape index (κ1) is 20.4. The first-order valence-corrected chi connectivity index (χ1v) is 11.4. The van der Waals surface area contributed by atoms with Gasteiger partial charge in [0.2, 0.25) is 0 Å². The Morgan fingerprint density at radius 3 is 2.28 bits per heavy atom. The second-order valence-corrected chi connectivity index (χ2v) is 8.53. The zero-order chi connectivity index (χ0) is 21.9. The highest BCUT2D eigenvalue weighted by Crippen LogP contribution is 2.30. The average Bonchev–Trinajstić information content (AvgIpc) is 3.53. The average molecular weight is 429 g/mol. The van der Waals surface area contributed by atoms with E-state index in [1.807, 2.05) is 65.6 Å². The molecule has 0 saturated carbocycles. The molecule has 0 bridgehead atoms. The van der Waals surface area contributed by atoms with Crippen LogP contribution in [0.5, 0.6) is 0 Å². The van der Waals surface area contributed by atoms with Crippen LogP contribution in [0.25, 0.3) is 10.8 Å². The molecule has 32 heavy (non-hydrogen) atoms. The zero-order valence-electron chi connectivity index (χ0n) is 18.1. The molecule has 3 aromatic carbocycles. The van der Waals surface area contributed by atoms with Crippen LogP contribution in [-0.2, 0) is 0 Å². The van der Waals surface area contributed by atoms with Crippen LogP contribution in [0.3, 0.4) is 0 Å². The fraction of sp³-hybridized carbons (Fsp3) is 0.308. The van der Waals surface area contributed by atoms with Crippen molar-refractivity contribution in [3.05, 3.63) is 66.2 Å². The minimum atomic E-state index is -0.324. The third kappa shape index (κ3) is 4.13. The van der Waals surface area contributed by atoms with Crippen LogP contribution >= 0.6 is 0 Å². The molecule has 0 spiro atoms. The molecule has 164 valence electrons. The Morgan fingerprint density at radius 2 is 1.47 bits per heavy atom. The molecule has 3 aromatic rings. The Morgan fingerprint density at radius 1 is 0.750 bits per heavy atom. The summed E-state index contributed by atoms with van der Waals surface area (Å²) in [7, 11) is 0. The molecule has 0 aromatic heterocycles. The van der Waals surface area contributed by atoms with Crippen molar-refractivity contribution in [2.75, 3.05) is 41.7 Å². The van der Waals surface area contributed by atoms with Gasteiger partial charge in [0.05, 0.1) is 11.3 Å². The van der Waals surface area contributed by atoms with Gasteiger partial charge in [0, 0.05) is 42.9 Å². The van der Waals surface area contributed by atoms with Crippen LogP contribution in [0.2, 0.25) is 0 Å². The van der Waals surface area contributed by atoms with E-state index in [1.165, 1.54) is 0 Å². The van der Waals surface area contributed by atoms with Gasteiger partial charge in [0.1, 0.15) is 0 Å². The summed E-state index contributed by atoms with van der Waals surface area (Å²) in [6.07, 6.45) is 4.39. The van der Waals surface area contributed by atoms with Crippen molar-refractivity contribution in [3.8, 4) is 0 Å². The normalized spacial score (nSPS) is 15.9. The fourth-order valence-electron chi connectivity index (χ4n) is 4.73. The Kier molecular flexibility index (Phi) is 5.67. The van der Waals surface area contributed by atoms with Gasteiger partial charge in [-0.2, -0.15) is 0 Å². The van der Waals surface area contributed by atoms with E-state index in [2.05, 4.69) is 15.5 Å². The Balaban J connectivity index is 1.38. The number of hydrogen-bond acceptors (Lipinski definition) is 3. The molecule has 2 aliphatic rings. The van der Waals surface area contributed by atoms with Gasteiger partial charge in [-0.05, 0) is 55.3 Å². The maximum atomic E-state index is 13.3. The molecule has 0 unspecified atom stereocenters.